The second-order valence-electron chi connectivity index (χ2n) is 3.82. The number of ether oxygens (including phenoxy) is 1. The molecule has 0 aliphatic heterocycles. The van der Waals surface area contributed by atoms with E-state index in [-0.39, 0.29) is 18.5 Å². The van der Waals surface area contributed by atoms with Crippen molar-refractivity contribution < 1.29 is 9.53 Å². The monoisotopic (exact) mass is 178 g/mol. The predicted octanol–water partition coefficient (Wildman–Crippen LogP) is 1.60. The number of hydrogen-bond acceptors (Lipinski definition) is 2. The summed E-state index contributed by atoms with van der Waals surface area (Å²) in [5, 5.41) is 0. The Labute approximate surface area is 78.7 Å². The van der Waals surface area contributed by atoms with Gasteiger partial charge in [-0.1, -0.05) is 12.3 Å². The molecule has 2 heteroatoms. The number of carbonyl (C=O) groups is 1. The van der Waals surface area contributed by atoms with Crippen molar-refractivity contribution in [2.24, 2.45) is 17.8 Å². The van der Waals surface area contributed by atoms with Crippen LogP contribution in [-0.2, 0) is 9.53 Å². The van der Waals surface area contributed by atoms with E-state index in [1.54, 1.807) is 6.92 Å². The highest BCUT2D eigenvalue weighted by Gasteiger charge is 2.57. The molecule has 2 unspecified atom stereocenters. The summed E-state index contributed by atoms with van der Waals surface area (Å²) < 4.78 is 5.03. The van der Waals surface area contributed by atoms with Gasteiger partial charge in [-0.15, -0.1) is 5.92 Å². The average Bonchev–Trinajstić information content (AvgIpc) is 2.61. The molecule has 2 atom stereocenters. The molecule has 0 bridgehead atoms. The highest BCUT2D eigenvalue weighted by Crippen LogP contribution is 2.57. The van der Waals surface area contributed by atoms with Crippen LogP contribution >= 0.6 is 0 Å². The van der Waals surface area contributed by atoms with Crippen LogP contribution in [0.1, 0.15) is 26.2 Å². The van der Waals surface area contributed by atoms with Gasteiger partial charge in [-0.2, -0.15) is 0 Å². The molecule has 2 fully saturated rings. The van der Waals surface area contributed by atoms with Gasteiger partial charge in [-0.25, -0.2) is 0 Å². The molecule has 0 aromatic rings. The molecule has 2 rings (SSSR count). The van der Waals surface area contributed by atoms with Crippen LogP contribution in [0.2, 0.25) is 0 Å². The van der Waals surface area contributed by atoms with Crippen molar-refractivity contribution in [2.75, 3.05) is 6.61 Å². The summed E-state index contributed by atoms with van der Waals surface area (Å²) in [5.41, 5.74) is 0. The fourth-order valence-electron chi connectivity index (χ4n) is 2.45. The highest BCUT2D eigenvalue weighted by molar-refractivity contribution is 5.76. The molecule has 0 spiro atoms. The molecule has 13 heavy (non-hydrogen) atoms. The van der Waals surface area contributed by atoms with E-state index < -0.39 is 0 Å². The van der Waals surface area contributed by atoms with Gasteiger partial charge in [0.05, 0.1) is 5.92 Å². The second-order valence-corrected chi connectivity index (χ2v) is 3.82. The summed E-state index contributed by atoms with van der Waals surface area (Å²) >= 11 is 0. The lowest BCUT2D eigenvalue weighted by atomic mass is 10.1. The molecule has 2 nitrogen and oxygen atoms in total. The molecule has 70 valence electrons. The van der Waals surface area contributed by atoms with Crippen molar-refractivity contribution >= 4 is 5.97 Å². The molecule has 0 N–H and O–H groups in total. The molecular weight excluding hydrogens is 164 g/mol. The van der Waals surface area contributed by atoms with E-state index in [1.807, 2.05) is 0 Å². The van der Waals surface area contributed by atoms with Crippen LogP contribution in [0.4, 0.5) is 0 Å². The van der Waals surface area contributed by atoms with Gasteiger partial charge in [0.1, 0.15) is 0 Å². The van der Waals surface area contributed by atoms with E-state index >= 15 is 0 Å². The normalized spacial score (nSPS) is 34.4. The van der Waals surface area contributed by atoms with Crippen LogP contribution in [-0.4, -0.2) is 12.6 Å². The molecule has 2 saturated carbocycles. The zero-order chi connectivity index (χ0) is 9.26. The third-order valence-electron chi connectivity index (χ3n) is 3.14. The Hall–Kier alpha value is -0.970. The maximum atomic E-state index is 11.4. The molecule has 2 aliphatic carbocycles. The Balaban J connectivity index is 1.76. The van der Waals surface area contributed by atoms with E-state index in [0.717, 1.165) is 0 Å². The minimum atomic E-state index is -0.0162. The average molecular weight is 178 g/mol. The van der Waals surface area contributed by atoms with Gasteiger partial charge in [0.2, 0.25) is 0 Å². The highest BCUT2D eigenvalue weighted by atomic mass is 16.5. The van der Waals surface area contributed by atoms with Crippen LogP contribution in [0.3, 0.4) is 0 Å². The Morgan fingerprint density at radius 3 is 2.77 bits per heavy atom. The topological polar surface area (TPSA) is 26.3 Å². The van der Waals surface area contributed by atoms with Gasteiger partial charge in [-0.3, -0.25) is 4.79 Å². The first-order chi connectivity index (χ1) is 6.34. The largest absolute Gasteiger partial charge is 0.452 e. The van der Waals surface area contributed by atoms with Gasteiger partial charge >= 0.3 is 5.97 Å². The summed E-state index contributed by atoms with van der Waals surface area (Å²) in [6.07, 6.45) is 3.75. The number of rotatable bonds is 2. The number of esters is 1. The first kappa shape index (κ1) is 8.62. The minimum Gasteiger partial charge on any atom is -0.452 e. The minimum absolute atomic E-state index is 0.0162. The number of carbonyl (C=O) groups excluding carboxylic acids is 1. The van der Waals surface area contributed by atoms with E-state index in [9.17, 15) is 4.79 Å². The molecule has 0 heterocycles. The van der Waals surface area contributed by atoms with Crippen molar-refractivity contribution in [1.29, 1.82) is 0 Å². The lowest BCUT2D eigenvalue weighted by molar-refractivity contribution is -0.144. The zero-order valence-corrected chi connectivity index (χ0v) is 7.88. The quantitative estimate of drug-likeness (QED) is 0.474. The van der Waals surface area contributed by atoms with Gasteiger partial charge in [0.15, 0.2) is 6.61 Å². The van der Waals surface area contributed by atoms with Crippen LogP contribution < -0.4 is 0 Å². The van der Waals surface area contributed by atoms with Gasteiger partial charge < -0.3 is 4.74 Å². The summed E-state index contributed by atoms with van der Waals surface area (Å²) in [7, 11) is 0. The van der Waals surface area contributed by atoms with E-state index in [0.29, 0.717) is 11.8 Å². The maximum absolute atomic E-state index is 11.4. The summed E-state index contributed by atoms with van der Waals surface area (Å²) in [6, 6.07) is 0. The van der Waals surface area contributed by atoms with Gasteiger partial charge in [0.25, 0.3) is 0 Å². The maximum Gasteiger partial charge on any atom is 0.310 e. The zero-order valence-electron chi connectivity index (χ0n) is 7.88. The van der Waals surface area contributed by atoms with Crippen molar-refractivity contribution in [1.82, 2.24) is 0 Å². The first-order valence-corrected chi connectivity index (χ1v) is 4.91. The number of fused-ring (bicyclic) bond motifs is 1. The van der Waals surface area contributed by atoms with Crippen molar-refractivity contribution in [3.8, 4) is 11.8 Å². The molecule has 0 radical (unpaired) electrons. The van der Waals surface area contributed by atoms with Crippen LogP contribution in [0.25, 0.3) is 0 Å². The van der Waals surface area contributed by atoms with Crippen molar-refractivity contribution in [3.63, 3.8) is 0 Å². The van der Waals surface area contributed by atoms with Gasteiger partial charge in [-0.05, 0) is 31.6 Å². The Bertz CT molecular complexity index is 262. The van der Waals surface area contributed by atoms with Crippen LogP contribution in [0, 0.1) is 29.6 Å². The smallest absolute Gasteiger partial charge is 0.310 e. The third-order valence-corrected chi connectivity index (χ3v) is 3.14. The second kappa shape index (κ2) is 3.41. The SMILES string of the molecule is CC#CCOC(=O)C1C2CCCC21. The lowest BCUT2D eigenvalue weighted by Gasteiger charge is -2.01. The Morgan fingerprint density at radius 2 is 2.15 bits per heavy atom. The lowest BCUT2D eigenvalue weighted by Crippen LogP contribution is -2.10. The molecule has 0 aromatic heterocycles. The van der Waals surface area contributed by atoms with Gasteiger partial charge in [0, 0.05) is 0 Å². The summed E-state index contributed by atoms with van der Waals surface area (Å²) in [4.78, 5) is 11.4. The Morgan fingerprint density at radius 1 is 1.46 bits per heavy atom. The van der Waals surface area contributed by atoms with E-state index in [4.69, 9.17) is 4.74 Å². The molecule has 0 amide bonds. The third kappa shape index (κ3) is 1.56. The first-order valence-electron chi connectivity index (χ1n) is 4.91. The summed E-state index contributed by atoms with van der Waals surface area (Å²) in [6.45, 7) is 2.02. The molecular formula is C11H14O2. The van der Waals surface area contributed by atoms with Crippen LogP contribution in [0.15, 0.2) is 0 Å². The van der Waals surface area contributed by atoms with Crippen molar-refractivity contribution in [2.45, 2.75) is 26.2 Å². The standard InChI is InChI=1S/C11H14O2/c1-2-3-7-13-11(12)10-8-5-4-6-9(8)10/h8-10H,4-7H2,1H3. The molecule has 0 aromatic carbocycles. The van der Waals surface area contributed by atoms with E-state index in [1.165, 1.54) is 19.3 Å². The van der Waals surface area contributed by atoms with Crippen LogP contribution in [0.5, 0.6) is 0 Å². The summed E-state index contributed by atoms with van der Waals surface area (Å²) in [5.74, 6) is 6.96. The number of hydrogen-bond donors (Lipinski definition) is 0. The molecule has 2 aliphatic rings. The molecule has 0 saturated heterocycles. The van der Waals surface area contributed by atoms with Crippen molar-refractivity contribution in [3.05, 3.63) is 0 Å². The fourth-order valence-corrected chi connectivity index (χ4v) is 2.45. The van der Waals surface area contributed by atoms with E-state index in [2.05, 4.69) is 11.8 Å². The predicted molar refractivity (Wildman–Crippen MR) is 48.7 cm³/mol. The Kier molecular flexibility index (Phi) is 2.26. The fraction of sp³-hybridized carbons (Fsp3) is 0.727.